The molecule has 2 amide bonds. The van der Waals surface area contributed by atoms with Crippen LogP contribution in [0.2, 0.25) is 0 Å². The van der Waals surface area contributed by atoms with E-state index in [1.165, 1.54) is 0 Å². The first-order valence-corrected chi connectivity index (χ1v) is 8.42. The zero-order valence-corrected chi connectivity index (χ0v) is 13.5. The van der Waals surface area contributed by atoms with Crippen LogP contribution in [-0.4, -0.2) is 58.3 Å². The molecule has 3 heterocycles. The average molecular weight is 314 g/mol. The predicted molar refractivity (Wildman–Crippen MR) is 83.8 cm³/mol. The van der Waals surface area contributed by atoms with E-state index in [4.69, 9.17) is 0 Å². The largest absolute Gasteiger partial charge is 0.345 e. The summed E-state index contributed by atoms with van der Waals surface area (Å²) in [5.74, 6) is 1.62. The lowest BCUT2D eigenvalue weighted by atomic mass is 9.77. The predicted octanol–water partition coefficient (Wildman–Crippen LogP) is 1.44. The second-order valence-corrected chi connectivity index (χ2v) is 7.32. The highest BCUT2D eigenvalue weighted by molar-refractivity contribution is 5.93. The molecule has 1 spiro atoms. The molecule has 0 N–H and O–H groups in total. The highest BCUT2D eigenvalue weighted by Crippen LogP contribution is 2.40. The van der Waals surface area contributed by atoms with Gasteiger partial charge < -0.3 is 9.80 Å². The van der Waals surface area contributed by atoms with E-state index in [-0.39, 0.29) is 17.2 Å². The summed E-state index contributed by atoms with van der Waals surface area (Å²) in [6, 6.07) is 0. The maximum atomic E-state index is 12.6. The number of piperidine rings is 1. The number of carbonyl (C=O) groups is 2. The number of aromatic nitrogens is 2. The Morgan fingerprint density at radius 3 is 2.39 bits per heavy atom. The molecule has 2 saturated heterocycles. The monoisotopic (exact) mass is 314 g/mol. The molecule has 0 bridgehead atoms. The summed E-state index contributed by atoms with van der Waals surface area (Å²) >= 11 is 0. The average Bonchev–Trinajstić information content (AvgIpc) is 3.36. The van der Waals surface area contributed by atoms with Gasteiger partial charge in [-0.25, -0.2) is 9.97 Å². The minimum absolute atomic E-state index is 0.0138. The minimum Gasteiger partial charge on any atom is -0.345 e. The van der Waals surface area contributed by atoms with Gasteiger partial charge >= 0.3 is 0 Å². The number of hydrogen-bond donors (Lipinski definition) is 0. The maximum Gasteiger partial charge on any atom is 0.256 e. The van der Waals surface area contributed by atoms with Gasteiger partial charge in [-0.3, -0.25) is 9.59 Å². The van der Waals surface area contributed by atoms with Crippen molar-refractivity contribution in [2.75, 3.05) is 26.7 Å². The van der Waals surface area contributed by atoms with Crippen LogP contribution >= 0.6 is 0 Å². The molecule has 0 atom stereocenters. The van der Waals surface area contributed by atoms with Crippen LogP contribution in [0.1, 0.15) is 54.2 Å². The van der Waals surface area contributed by atoms with Crippen LogP contribution in [0.25, 0.3) is 0 Å². The van der Waals surface area contributed by atoms with Crippen molar-refractivity contribution in [1.29, 1.82) is 0 Å². The number of rotatable bonds is 2. The van der Waals surface area contributed by atoms with Gasteiger partial charge in [0.15, 0.2) is 0 Å². The Morgan fingerprint density at radius 1 is 1.22 bits per heavy atom. The Morgan fingerprint density at radius 2 is 1.87 bits per heavy atom. The first kappa shape index (κ1) is 14.6. The number of carbonyl (C=O) groups excluding carboxylic acids is 2. The van der Waals surface area contributed by atoms with Gasteiger partial charge in [-0.15, -0.1) is 0 Å². The summed E-state index contributed by atoms with van der Waals surface area (Å²) in [6.45, 7) is 2.25. The van der Waals surface area contributed by atoms with E-state index < -0.39 is 0 Å². The molecule has 1 aromatic heterocycles. The van der Waals surface area contributed by atoms with Crippen LogP contribution in [0, 0.1) is 5.41 Å². The number of hydrogen-bond acceptors (Lipinski definition) is 4. The van der Waals surface area contributed by atoms with Crippen LogP contribution < -0.4 is 0 Å². The molecule has 0 aromatic carbocycles. The topological polar surface area (TPSA) is 66.4 Å². The van der Waals surface area contributed by atoms with E-state index in [1.54, 1.807) is 12.4 Å². The third-order valence-corrected chi connectivity index (χ3v) is 5.50. The fourth-order valence-corrected chi connectivity index (χ4v) is 3.81. The van der Waals surface area contributed by atoms with Crippen molar-refractivity contribution in [2.24, 2.45) is 5.41 Å². The van der Waals surface area contributed by atoms with Crippen molar-refractivity contribution in [3.63, 3.8) is 0 Å². The molecule has 2 aliphatic heterocycles. The lowest BCUT2D eigenvalue weighted by Crippen LogP contribution is -2.44. The van der Waals surface area contributed by atoms with Crippen LogP contribution in [0.5, 0.6) is 0 Å². The second-order valence-electron chi connectivity index (χ2n) is 7.32. The van der Waals surface area contributed by atoms with Gasteiger partial charge in [0, 0.05) is 56.8 Å². The van der Waals surface area contributed by atoms with Gasteiger partial charge in [0.25, 0.3) is 5.91 Å². The van der Waals surface area contributed by atoms with Crippen molar-refractivity contribution in [1.82, 2.24) is 19.8 Å². The van der Waals surface area contributed by atoms with E-state index in [0.717, 1.165) is 38.1 Å². The first-order valence-electron chi connectivity index (χ1n) is 8.42. The molecular formula is C17H22N4O2. The number of amides is 2. The normalized spacial score (nSPS) is 23.6. The Kier molecular flexibility index (Phi) is 3.36. The van der Waals surface area contributed by atoms with Crippen molar-refractivity contribution in [3.05, 3.63) is 23.8 Å². The third-order valence-electron chi connectivity index (χ3n) is 5.50. The molecule has 122 valence electrons. The zero-order chi connectivity index (χ0) is 16.0. The zero-order valence-electron chi connectivity index (χ0n) is 13.5. The van der Waals surface area contributed by atoms with E-state index >= 15 is 0 Å². The Bertz CT molecular complexity index is 630. The van der Waals surface area contributed by atoms with Crippen LogP contribution in [0.3, 0.4) is 0 Å². The van der Waals surface area contributed by atoms with Crippen molar-refractivity contribution >= 4 is 11.8 Å². The molecular weight excluding hydrogens is 292 g/mol. The third kappa shape index (κ3) is 2.71. The summed E-state index contributed by atoms with van der Waals surface area (Å²) in [6.07, 6.45) is 8.08. The highest BCUT2D eigenvalue weighted by Gasteiger charge is 2.44. The Hall–Kier alpha value is -1.98. The Balaban J connectivity index is 1.39. The van der Waals surface area contributed by atoms with Gasteiger partial charge in [-0.2, -0.15) is 0 Å². The van der Waals surface area contributed by atoms with Crippen molar-refractivity contribution in [3.8, 4) is 0 Å². The lowest BCUT2D eigenvalue weighted by molar-refractivity contribution is -0.126. The summed E-state index contributed by atoms with van der Waals surface area (Å²) in [4.78, 5) is 36.8. The van der Waals surface area contributed by atoms with Crippen LogP contribution in [0.4, 0.5) is 0 Å². The molecule has 23 heavy (non-hydrogen) atoms. The molecule has 1 aliphatic carbocycles. The molecule has 0 radical (unpaired) electrons. The lowest BCUT2D eigenvalue weighted by Gasteiger charge is -2.38. The molecule has 1 saturated carbocycles. The van der Waals surface area contributed by atoms with Gasteiger partial charge in [0.05, 0.1) is 5.56 Å². The Labute approximate surface area is 135 Å². The van der Waals surface area contributed by atoms with E-state index in [0.29, 0.717) is 31.0 Å². The van der Waals surface area contributed by atoms with Crippen LogP contribution in [0.15, 0.2) is 12.4 Å². The fraction of sp³-hybridized carbons (Fsp3) is 0.647. The molecule has 6 heteroatoms. The molecule has 6 nitrogen and oxygen atoms in total. The van der Waals surface area contributed by atoms with Crippen LogP contribution in [-0.2, 0) is 4.79 Å². The van der Waals surface area contributed by atoms with E-state index in [2.05, 4.69) is 9.97 Å². The quantitative estimate of drug-likeness (QED) is 0.828. The maximum absolute atomic E-state index is 12.6. The number of nitrogens with zero attached hydrogens (tertiary/aromatic N) is 4. The smallest absolute Gasteiger partial charge is 0.256 e. The standard InChI is InChI=1S/C17H22N4O2/c1-20-11-17(8-14(20)22)4-6-21(7-5-17)16(23)13-9-18-15(19-10-13)12-2-3-12/h9-10,12H,2-8,11H2,1H3. The second kappa shape index (κ2) is 5.28. The van der Waals surface area contributed by atoms with Gasteiger partial charge in [-0.1, -0.05) is 0 Å². The van der Waals surface area contributed by atoms with Gasteiger partial charge in [-0.05, 0) is 25.7 Å². The molecule has 4 rings (SSSR count). The summed E-state index contributed by atoms with van der Waals surface area (Å²) in [7, 11) is 1.87. The SMILES string of the molecule is CN1CC2(CCN(C(=O)c3cnc(C4CC4)nc3)CC2)CC1=O. The number of likely N-dealkylation sites (tertiary alicyclic amines) is 2. The fourth-order valence-electron chi connectivity index (χ4n) is 3.81. The summed E-state index contributed by atoms with van der Waals surface area (Å²) < 4.78 is 0. The van der Waals surface area contributed by atoms with E-state index in [1.807, 2.05) is 16.8 Å². The first-order chi connectivity index (χ1) is 11.1. The molecule has 3 fully saturated rings. The summed E-state index contributed by atoms with van der Waals surface area (Å²) in [5.41, 5.74) is 0.652. The minimum atomic E-state index is 0.0138. The van der Waals surface area contributed by atoms with Gasteiger partial charge in [0.1, 0.15) is 5.82 Å². The van der Waals surface area contributed by atoms with Crippen molar-refractivity contribution < 1.29 is 9.59 Å². The molecule has 0 unspecified atom stereocenters. The molecule has 1 aromatic rings. The van der Waals surface area contributed by atoms with Crippen molar-refractivity contribution in [2.45, 2.75) is 38.0 Å². The highest BCUT2D eigenvalue weighted by atomic mass is 16.2. The van der Waals surface area contributed by atoms with E-state index in [9.17, 15) is 9.59 Å². The summed E-state index contributed by atoms with van der Waals surface area (Å²) in [5, 5.41) is 0. The molecule has 3 aliphatic rings. The van der Waals surface area contributed by atoms with Gasteiger partial charge in [0.2, 0.25) is 5.91 Å².